The van der Waals surface area contributed by atoms with Crippen LogP contribution in [0.15, 0.2) is 103 Å². The molecular formula is C26H16O6. The van der Waals surface area contributed by atoms with Crippen molar-refractivity contribution in [2.75, 3.05) is 0 Å². The Hall–Kier alpha value is -4.58. The van der Waals surface area contributed by atoms with Crippen molar-refractivity contribution < 1.29 is 19.0 Å². The van der Waals surface area contributed by atoms with Crippen molar-refractivity contribution in [1.82, 2.24) is 0 Å². The maximum atomic E-state index is 12.1. The van der Waals surface area contributed by atoms with Gasteiger partial charge in [0.15, 0.2) is 0 Å². The molecule has 156 valence electrons. The average molecular weight is 424 g/mol. The quantitative estimate of drug-likeness (QED) is 0.321. The topological polar surface area (TPSA) is 101 Å². The third kappa shape index (κ3) is 3.24. The standard InChI is InChI=1S/C13H8O4.C13H8O2/c14-7-4-5-10-8(6-7)13(16)12-9(15)2-1-3-11(12)17-10;14-13-9-5-1-3-7-11(9)15-12-8-4-2-6-10(12)13/h1-6,14-15H;1-8H. The summed E-state index contributed by atoms with van der Waals surface area (Å²) < 4.78 is 11.1. The number of hydrogen-bond donors (Lipinski definition) is 2. The first-order valence-corrected chi connectivity index (χ1v) is 9.81. The molecule has 6 rings (SSSR count). The number of hydrogen-bond acceptors (Lipinski definition) is 6. The van der Waals surface area contributed by atoms with Gasteiger partial charge in [-0.25, -0.2) is 0 Å². The Morgan fingerprint density at radius 3 is 1.78 bits per heavy atom. The van der Waals surface area contributed by atoms with Crippen LogP contribution in [-0.2, 0) is 0 Å². The van der Waals surface area contributed by atoms with Crippen LogP contribution in [0.5, 0.6) is 11.5 Å². The van der Waals surface area contributed by atoms with E-state index in [4.69, 9.17) is 8.83 Å². The van der Waals surface area contributed by atoms with Crippen molar-refractivity contribution in [2.24, 2.45) is 0 Å². The lowest BCUT2D eigenvalue weighted by atomic mass is 10.1. The van der Waals surface area contributed by atoms with E-state index in [9.17, 15) is 19.8 Å². The lowest BCUT2D eigenvalue weighted by Crippen LogP contribution is -2.01. The lowest BCUT2D eigenvalue weighted by molar-refractivity contribution is 0.475. The first-order valence-electron chi connectivity index (χ1n) is 9.81. The summed E-state index contributed by atoms with van der Waals surface area (Å²) in [5, 5.41) is 20.7. The first-order chi connectivity index (χ1) is 15.5. The lowest BCUT2D eigenvalue weighted by Gasteiger charge is -2.02. The predicted molar refractivity (Wildman–Crippen MR) is 123 cm³/mol. The minimum Gasteiger partial charge on any atom is -0.508 e. The largest absolute Gasteiger partial charge is 0.508 e. The highest BCUT2D eigenvalue weighted by Gasteiger charge is 2.11. The van der Waals surface area contributed by atoms with Gasteiger partial charge in [0.1, 0.15) is 39.2 Å². The molecule has 0 saturated heterocycles. The summed E-state index contributed by atoms with van der Waals surface area (Å²) in [5.41, 5.74) is 1.67. The van der Waals surface area contributed by atoms with E-state index < -0.39 is 0 Å². The predicted octanol–water partition coefficient (Wildman–Crippen LogP) is 5.30. The number of phenolic OH excluding ortho intramolecular Hbond substituents is 2. The fourth-order valence-corrected chi connectivity index (χ4v) is 3.62. The average Bonchev–Trinajstić information content (AvgIpc) is 2.80. The second-order valence-electron chi connectivity index (χ2n) is 7.19. The zero-order chi connectivity index (χ0) is 22.2. The molecule has 6 heteroatoms. The monoisotopic (exact) mass is 424 g/mol. The molecule has 6 aromatic rings. The van der Waals surface area contributed by atoms with Gasteiger partial charge < -0.3 is 19.0 Å². The van der Waals surface area contributed by atoms with Gasteiger partial charge in [0, 0.05) is 0 Å². The maximum Gasteiger partial charge on any atom is 0.204 e. The van der Waals surface area contributed by atoms with Crippen LogP contribution < -0.4 is 10.9 Å². The minimum absolute atomic E-state index is 0.0143. The number of phenols is 2. The second-order valence-corrected chi connectivity index (χ2v) is 7.19. The number of para-hydroxylation sites is 2. The van der Waals surface area contributed by atoms with E-state index >= 15 is 0 Å². The fraction of sp³-hybridized carbons (Fsp3) is 0. The fourth-order valence-electron chi connectivity index (χ4n) is 3.62. The Balaban J connectivity index is 0.000000136. The van der Waals surface area contributed by atoms with Crippen LogP contribution in [0.1, 0.15) is 0 Å². The zero-order valence-corrected chi connectivity index (χ0v) is 16.6. The highest BCUT2D eigenvalue weighted by Crippen LogP contribution is 2.26. The van der Waals surface area contributed by atoms with Gasteiger partial charge in [-0.1, -0.05) is 30.3 Å². The molecule has 0 fully saturated rings. The SMILES string of the molecule is O=c1c2cc(O)ccc2oc2cccc(O)c12.O=c1c2ccccc2oc2ccccc12. The van der Waals surface area contributed by atoms with Crippen LogP contribution in [0, 0.1) is 0 Å². The molecule has 0 atom stereocenters. The Bertz CT molecular complexity index is 1690. The third-order valence-corrected chi connectivity index (χ3v) is 5.14. The molecule has 32 heavy (non-hydrogen) atoms. The Morgan fingerprint density at radius 1 is 0.531 bits per heavy atom. The van der Waals surface area contributed by atoms with Crippen LogP contribution in [0.3, 0.4) is 0 Å². The van der Waals surface area contributed by atoms with Crippen LogP contribution in [0.25, 0.3) is 43.9 Å². The summed E-state index contributed by atoms with van der Waals surface area (Å²) >= 11 is 0. The molecule has 0 spiro atoms. The van der Waals surface area contributed by atoms with E-state index in [1.165, 1.54) is 24.3 Å². The van der Waals surface area contributed by atoms with Gasteiger partial charge in [-0.15, -0.1) is 0 Å². The molecule has 0 radical (unpaired) electrons. The van der Waals surface area contributed by atoms with Crippen molar-refractivity contribution in [3.63, 3.8) is 0 Å². The molecular weight excluding hydrogens is 408 g/mol. The Morgan fingerprint density at radius 2 is 1.09 bits per heavy atom. The normalized spacial score (nSPS) is 11.0. The molecule has 0 amide bonds. The van der Waals surface area contributed by atoms with Crippen molar-refractivity contribution in [3.05, 3.63) is 105 Å². The van der Waals surface area contributed by atoms with Crippen LogP contribution >= 0.6 is 0 Å². The van der Waals surface area contributed by atoms with E-state index in [2.05, 4.69) is 0 Å². The number of benzene rings is 4. The summed E-state index contributed by atoms with van der Waals surface area (Å²) in [6.45, 7) is 0. The van der Waals surface area contributed by atoms with E-state index in [0.29, 0.717) is 33.1 Å². The molecule has 4 aromatic carbocycles. The van der Waals surface area contributed by atoms with Crippen molar-refractivity contribution in [1.29, 1.82) is 0 Å². The molecule has 6 nitrogen and oxygen atoms in total. The number of rotatable bonds is 0. The van der Waals surface area contributed by atoms with E-state index in [0.717, 1.165) is 0 Å². The van der Waals surface area contributed by atoms with Gasteiger partial charge in [0.05, 0.1) is 16.2 Å². The molecule has 0 bridgehead atoms. The molecule has 2 aromatic heterocycles. The van der Waals surface area contributed by atoms with Crippen LogP contribution in [0.2, 0.25) is 0 Å². The molecule has 0 aliphatic heterocycles. The summed E-state index contributed by atoms with van der Waals surface area (Å²) in [7, 11) is 0. The highest BCUT2D eigenvalue weighted by atomic mass is 16.3. The zero-order valence-electron chi connectivity index (χ0n) is 16.6. The number of aromatic hydroxyl groups is 2. The second kappa shape index (κ2) is 7.59. The van der Waals surface area contributed by atoms with E-state index in [1.54, 1.807) is 24.3 Å². The summed E-state index contributed by atoms with van der Waals surface area (Å²) in [5.74, 6) is -0.138. The summed E-state index contributed by atoms with van der Waals surface area (Å²) in [6, 6.07) is 23.5. The summed E-state index contributed by atoms with van der Waals surface area (Å²) in [6.07, 6.45) is 0. The molecule has 0 unspecified atom stereocenters. The number of fused-ring (bicyclic) bond motifs is 4. The van der Waals surface area contributed by atoms with Gasteiger partial charge in [0.25, 0.3) is 0 Å². The van der Waals surface area contributed by atoms with Gasteiger partial charge in [-0.05, 0) is 54.6 Å². The van der Waals surface area contributed by atoms with E-state index in [-0.39, 0.29) is 33.1 Å². The first kappa shape index (κ1) is 19.4. The van der Waals surface area contributed by atoms with Crippen molar-refractivity contribution in [3.8, 4) is 11.5 Å². The minimum atomic E-state index is -0.352. The molecule has 2 heterocycles. The van der Waals surface area contributed by atoms with Crippen LogP contribution in [-0.4, -0.2) is 10.2 Å². The third-order valence-electron chi connectivity index (χ3n) is 5.14. The van der Waals surface area contributed by atoms with Gasteiger partial charge in [-0.3, -0.25) is 9.59 Å². The van der Waals surface area contributed by atoms with Crippen molar-refractivity contribution in [2.45, 2.75) is 0 Å². The smallest absolute Gasteiger partial charge is 0.204 e. The molecule has 0 aliphatic carbocycles. The van der Waals surface area contributed by atoms with Gasteiger partial charge in [-0.2, -0.15) is 0 Å². The molecule has 0 aliphatic rings. The molecule has 2 N–H and O–H groups in total. The Labute approximate surface area is 180 Å². The van der Waals surface area contributed by atoms with Gasteiger partial charge in [0.2, 0.25) is 10.9 Å². The van der Waals surface area contributed by atoms with Crippen molar-refractivity contribution >= 4 is 43.9 Å². The highest BCUT2D eigenvalue weighted by molar-refractivity contribution is 5.93. The summed E-state index contributed by atoms with van der Waals surface area (Å²) in [4.78, 5) is 24.2. The van der Waals surface area contributed by atoms with Gasteiger partial charge >= 0.3 is 0 Å². The maximum absolute atomic E-state index is 12.1. The van der Waals surface area contributed by atoms with Crippen LogP contribution in [0.4, 0.5) is 0 Å². The molecule has 0 saturated carbocycles. The van der Waals surface area contributed by atoms with E-state index in [1.807, 2.05) is 36.4 Å². The Kier molecular flexibility index (Phi) is 4.60.